The number of carbonyl (C=O) groups excluding carboxylic acids is 2. The quantitative estimate of drug-likeness (QED) is 0.412. The Bertz CT molecular complexity index is 1850. The smallest absolute Gasteiger partial charge is 0.301 e. The van der Waals surface area contributed by atoms with Crippen molar-refractivity contribution in [3.8, 4) is 17.0 Å². The van der Waals surface area contributed by atoms with Gasteiger partial charge in [0.05, 0.1) is 18.2 Å². The summed E-state index contributed by atoms with van der Waals surface area (Å²) in [5, 5.41) is 1.08. The van der Waals surface area contributed by atoms with Gasteiger partial charge in [0.1, 0.15) is 5.75 Å². The second kappa shape index (κ2) is 10.8. The molecular formula is C35H43N5O5S. The summed E-state index contributed by atoms with van der Waals surface area (Å²) in [7, 11) is 1.14. The molecule has 46 heavy (non-hydrogen) atoms. The summed E-state index contributed by atoms with van der Waals surface area (Å²) in [4.78, 5) is 32.8. The van der Waals surface area contributed by atoms with Crippen molar-refractivity contribution in [2.24, 2.45) is 5.41 Å². The third kappa shape index (κ3) is 4.60. The van der Waals surface area contributed by atoms with Crippen LogP contribution in [0.25, 0.3) is 22.2 Å². The number of carbonyl (C=O) groups is 2. The van der Waals surface area contributed by atoms with Crippen LogP contribution in [0.2, 0.25) is 0 Å². The Morgan fingerprint density at radius 1 is 0.978 bits per heavy atom. The molecule has 2 saturated carbocycles. The third-order valence-electron chi connectivity index (χ3n) is 11.6. The van der Waals surface area contributed by atoms with E-state index in [9.17, 15) is 18.0 Å². The van der Waals surface area contributed by atoms with Gasteiger partial charge in [-0.15, -0.1) is 0 Å². The van der Waals surface area contributed by atoms with E-state index in [0.717, 1.165) is 73.1 Å². The molecule has 2 aromatic carbocycles. The minimum Gasteiger partial charge on any atom is -0.497 e. The maximum Gasteiger partial charge on any atom is 0.301 e. The first-order valence-corrected chi connectivity index (χ1v) is 18.2. The van der Waals surface area contributed by atoms with Crippen molar-refractivity contribution in [3.05, 3.63) is 53.1 Å². The fraction of sp³-hybridized carbons (Fsp3) is 0.543. The van der Waals surface area contributed by atoms with Gasteiger partial charge in [0, 0.05) is 66.7 Å². The van der Waals surface area contributed by atoms with Gasteiger partial charge in [-0.2, -0.15) is 8.42 Å². The maximum absolute atomic E-state index is 14.9. The zero-order valence-electron chi connectivity index (χ0n) is 26.8. The van der Waals surface area contributed by atoms with Crippen LogP contribution >= 0.6 is 0 Å². The molecule has 10 nitrogen and oxygen atoms in total. The number of hydrogen-bond donors (Lipinski definition) is 2. The van der Waals surface area contributed by atoms with E-state index in [-0.39, 0.29) is 29.5 Å². The fourth-order valence-electron chi connectivity index (χ4n) is 9.36. The van der Waals surface area contributed by atoms with E-state index in [4.69, 9.17) is 4.74 Å². The molecule has 2 amide bonds. The van der Waals surface area contributed by atoms with Crippen molar-refractivity contribution in [2.45, 2.75) is 81.8 Å². The van der Waals surface area contributed by atoms with Gasteiger partial charge in [-0.3, -0.25) is 9.59 Å². The number of nitrogens with zero attached hydrogens (tertiary/aromatic N) is 3. The van der Waals surface area contributed by atoms with E-state index in [1.165, 1.54) is 37.4 Å². The molecule has 1 aromatic heterocycles. The lowest BCUT2D eigenvalue weighted by Crippen LogP contribution is -2.57. The zero-order chi connectivity index (χ0) is 32.0. The summed E-state index contributed by atoms with van der Waals surface area (Å²) in [5.74, 6) is 0.802. The number of nitrogens with one attached hydrogen (secondary N) is 2. The number of rotatable bonds is 6. The normalized spacial score (nSPS) is 27.5. The number of methoxy groups -OCH3 is 1. The zero-order valence-corrected chi connectivity index (χ0v) is 27.7. The highest BCUT2D eigenvalue weighted by Crippen LogP contribution is 2.66. The molecule has 4 fully saturated rings. The molecule has 3 aromatic rings. The summed E-state index contributed by atoms with van der Waals surface area (Å²) in [6.45, 7) is 2.34. The summed E-state index contributed by atoms with van der Waals surface area (Å²) < 4.78 is 36.8. The van der Waals surface area contributed by atoms with Gasteiger partial charge in [0.25, 0.3) is 5.91 Å². The molecule has 3 aliphatic heterocycles. The van der Waals surface area contributed by atoms with Crippen LogP contribution in [0.4, 0.5) is 0 Å². The summed E-state index contributed by atoms with van der Waals surface area (Å²) in [5.41, 5.74) is 5.30. The molecule has 2 aliphatic carbocycles. The predicted octanol–water partition coefficient (Wildman–Crippen LogP) is 4.35. The topological polar surface area (TPSA) is 113 Å². The molecule has 2 unspecified atom stereocenters. The highest BCUT2D eigenvalue weighted by Gasteiger charge is 2.65. The van der Waals surface area contributed by atoms with Crippen molar-refractivity contribution in [2.75, 3.05) is 34.3 Å². The van der Waals surface area contributed by atoms with Crippen molar-refractivity contribution < 1.29 is 22.7 Å². The second-order valence-electron chi connectivity index (χ2n) is 14.2. The molecule has 2 N–H and O–H groups in total. The predicted molar refractivity (Wildman–Crippen MR) is 176 cm³/mol. The van der Waals surface area contributed by atoms with Gasteiger partial charge in [0.2, 0.25) is 5.91 Å². The van der Waals surface area contributed by atoms with Crippen LogP contribution in [0, 0.1) is 5.41 Å². The number of fused-ring (bicyclic) bond motifs is 9. The highest BCUT2D eigenvalue weighted by molar-refractivity contribution is 7.88. The van der Waals surface area contributed by atoms with Gasteiger partial charge in [-0.05, 0) is 86.5 Å². The van der Waals surface area contributed by atoms with Crippen molar-refractivity contribution >= 4 is 32.9 Å². The fourth-order valence-corrected chi connectivity index (χ4v) is 9.82. The lowest BCUT2D eigenvalue weighted by Gasteiger charge is -2.41. The van der Waals surface area contributed by atoms with Crippen LogP contribution in [0.15, 0.2) is 36.4 Å². The third-order valence-corrected chi connectivity index (χ3v) is 12.6. The molecular weight excluding hydrogens is 602 g/mol. The Kier molecular flexibility index (Phi) is 7.04. The maximum atomic E-state index is 14.9. The van der Waals surface area contributed by atoms with Gasteiger partial charge in [-0.25, -0.2) is 9.44 Å². The van der Waals surface area contributed by atoms with E-state index in [0.29, 0.717) is 12.5 Å². The molecule has 11 heteroatoms. The number of aromatic nitrogens is 1. The number of hydrogen-bond acceptors (Lipinski definition) is 6. The first kappa shape index (κ1) is 30.0. The van der Waals surface area contributed by atoms with Crippen molar-refractivity contribution in [3.63, 3.8) is 0 Å². The summed E-state index contributed by atoms with van der Waals surface area (Å²) in [6.07, 6.45) is 8.63. The van der Waals surface area contributed by atoms with Crippen LogP contribution in [0.1, 0.15) is 84.7 Å². The summed E-state index contributed by atoms with van der Waals surface area (Å²) >= 11 is 0. The first-order chi connectivity index (χ1) is 22.1. The number of amides is 2. The van der Waals surface area contributed by atoms with E-state index < -0.39 is 21.5 Å². The number of benzene rings is 2. The Balaban J connectivity index is 1.33. The van der Waals surface area contributed by atoms with E-state index in [1.807, 2.05) is 18.2 Å². The standard InChI is InChI=1S/C35H43N5O5S/c1-36-46(43,44)37-33(41)22-9-13-27-30(15-22)39-20-35(34(42)40-23-10-11-24(40)19-38(2)18-23)17-29(35)28-16-25(45-3)12-14-26(28)32(39)31(27)21-7-5-4-6-8-21/h9,12-16,21,23-24,29,36H,4-8,10-11,17-20H2,1-3H3,(H,37,41)/t23-,24+,29?,35?. The molecule has 8 rings (SSSR count). The molecule has 0 radical (unpaired) electrons. The largest absolute Gasteiger partial charge is 0.497 e. The van der Waals surface area contributed by atoms with Crippen LogP contribution in [0.5, 0.6) is 5.75 Å². The minimum atomic E-state index is -3.97. The van der Waals surface area contributed by atoms with Crippen LogP contribution < -0.4 is 14.2 Å². The molecule has 2 saturated heterocycles. The van der Waals surface area contributed by atoms with Gasteiger partial charge >= 0.3 is 10.2 Å². The lowest BCUT2D eigenvalue weighted by molar-refractivity contribution is -0.143. The average molecular weight is 646 g/mol. The number of likely N-dealkylation sites (N-methyl/N-ethyl adjacent to an activating group) is 1. The molecule has 4 heterocycles. The second-order valence-corrected chi connectivity index (χ2v) is 15.9. The van der Waals surface area contributed by atoms with Crippen LogP contribution in [0.3, 0.4) is 0 Å². The molecule has 4 atom stereocenters. The Labute approximate surface area is 270 Å². The van der Waals surface area contributed by atoms with Crippen LogP contribution in [-0.2, 0) is 21.5 Å². The molecule has 2 bridgehead atoms. The Hall–Kier alpha value is -3.41. The highest BCUT2D eigenvalue weighted by atomic mass is 32.2. The Morgan fingerprint density at radius 3 is 2.41 bits per heavy atom. The van der Waals surface area contributed by atoms with Gasteiger partial charge in [0.15, 0.2) is 0 Å². The number of piperazine rings is 1. The first-order valence-electron chi connectivity index (χ1n) is 16.8. The van der Waals surface area contributed by atoms with Crippen LogP contribution in [-0.4, -0.2) is 81.0 Å². The van der Waals surface area contributed by atoms with Crippen molar-refractivity contribution in [1.29, 1.82) is 0 Å². The van der Waals surface area contributed by atoms with Gasteiger partial charge in [-0.1, -0.05) is 25.3 Å². The van der Waals surface area contributed by atoms with E-state index >= 15 is 0 Å². The minimum absolute atomic E-state index is 0.0746. The molecule has 244 valence electrons. The lowest BCUT2D eigenvalue weighted by atomic mass is 9.81. The van der Waals surface area contributed by atoms with Crippen molar-refractivity contribution in [1.82, 2.24) is 23.8 Å². The Morgan fingerprint density at radius 2 is 1.72 bits per heavy atom. The summed E-state index contributed by atoms with van der Waals surface area (Å²) in [6, 6.07) is 12.4. The number of ether oxygens (including phenoxy) is 1. The van der Waals surface area contributed by atoms with E-state index in [2.05, 4.69) is 43.0 Å². The average Bonchev–Trinajstić information content (AvgIpc) is 3.64. The van der Waals surface area contributed by atoms with Gasteiger partial charge < -0.3 is 19.1 Å². The SMILES string of the molecule is CNS(=O)(=O)NC(=O)c1ccc2c(C3CCCCC3)c3n(c2c1)CC1(C(=O)N2[C@@H]4CC[C@H]2CN(C)C4)CC1c1cc(OC)ccc1-3. The monoisotopic (exact) mass is 645 g/mol. The molecule has 0 spiro atoms. The van der Waals surface area contributed by atoms with E-state index in [1.54, 1.807) is 13.2 Å². The number of likely N-dealkylation sites (tertiary alicyclic amines) is 1. The molecule has 5 aliphatic rings.